The number of hydrogen-bond donors (Lipinski definition) is 0. The molecule has 1 atom stereocenters. The van der Waals surface area contributed by atoms with Crippen LogP contribution in [0.4, 0.5) is 0 Å². The van der Waals surface area contributed by atoms with Gasteiger partial charge in [0.25, 0.3) is 0 Å². The lowest BCUT2D eigenvalue weighted by molar-refractivity contribution is -0.163. The molecule has 0 bridgehead atoms. The molecule has 0 saturated carbocycles. The highest BCUT2D eigenvalue weighted by Gasteiger charge is 2.17. The Kier molecular flexibility index (Phi) is 51.5. The first-order valence-electron chi connectivity index (χ1n) is 26.8. The SMILES string of the molecule is CC/C=C\C/C=C\C/C=C\C/C=C\CCCCC(=O)OC(COCCCCCCCC/C=C\C/C=C\CCC)COC(=O)CCCCCCCCCCC/C=C\C/C=C\CCCCC. The van der Waals surface area contributed by atoms with E-state index >= 15 is 0 Å². The molecule has 0 aliphatic carbocycles. The number of allylic oxidation sites excluding steroid dienone is 16. The Balaban J connectivity index is 4.34. The van der Waals surface area contributed by atoms with Gasteiger partial charge in [0.05, 0.1) is 6.61 Å². The van der Waals surface area contributed by atoms with Gasteiger partial charge in [-0.15, -0.1) is 0 Å². The van der Waals surface area contributed by atoms with Crippen molar-refractivity contribution in [3.05, 3.63) is 97.2 Å². The number of carbonyl (C=O) groups is 2. The predicted molar refractivity (Wildman–Crippen MR) is 279 cm³/mol. The maximum atomic E-state index is 12.8. The molecule has 5 heteroatoms. The molecule has 0 spiro atoms. The van der Waals surface area contributed by atoms with Crippen molar-refractivity contribution >= 4 is 11.9 Å². The smallest absolute Gasteiger partial charge is 0.306 e. The van der Waals surface area contributed by atoms with Crippen LogP contribution in [-0.2, 0) is 23.8 Å². The van der Waals surface area contributed by atoms with Crippen LogP contribution < -0.4 is 0 Å². The third-order valence-electron chi connectivity index (χ3n) is 11.1. The van der Waals surface area contributed by atoms with Gasteiger partial charge in [-0.05, 0) is 116 Å². The maximum Gasteiger partial charge on any atom is 0.306 e. The standard InChI is InChI=1S/C59H100O5/c1-4-7-10-13-16-19-22-25-28-29-30-31-33-34-37-40-43-46-49-52-58(60)63-56-57(55-62-54-51-48-45-42-39-36-27-24-21-18-15-12-9-6-3)64-59(61)53-50-47-44-41-38-35-32-26-23-20-17-14-11-8-5-2/h8,11-12,15-17,19-21,24-26,28,32,38,41,57H,4-7,9-10,13-14,18,22-23,27,29-31,33-37,39-40,42-56H2,1-3H3/b11-8-,15-12-,19-16-,20-17-,24-21-,28-25-,32-26-,41-38-. The molecule has 0 radical (unpaired) electrons. The van der Waals surface area contributed by atoms with Gasteiger partial charge in [-0.2, -0.15) is 0 Å². The van der Waals surface area contributed by atoms with Crippen molar-refractivity contribution in [1.82, 2.24) is 0 Å². The lowest BCUT2D eigenvalue weighted by Gasteiger charge is -2.18. The van der Waals surface area contributed by atoms with Gasteiger partial charge in [0, 0.05) is 19.4 Å². The van der Waals surface area contributed by atoms with Crippen LogP contribution in [0.5, 0.6) is 0 Å². The van der Waals surface area contributed by atoms with Gasteiger partial charge in [-0.3, -0.25) is 9.59 Å². The van der Waals surface area contributed by atoms with E-state index in [1.54, 1.807) is 0 Å². The number of esters is 2. The van der Waals surface area contributed by atoms with Crippen LogP contribution in [-0.4, -0.2) is 37.9 Å². The van der Waals surface area contributed by atoms with Crippen molar-refractivity contribution in [1.29, 1.82) is 0 Å². The molecule has 0 fully saturated rings. The minimum absolute atomic E-state index is 0.0575. The van der Waals surface area contributed by atoms with Gasteiger partial charge in [0.2, 0.25) is 0 Å². The zero-order valence-corrected chi connectivity index (χ0v) is 42.0. The van der Waals surface area contributed by atoms with Gasteiger partial charge in [-0.25, -0.2) is 0 Å². The summed E-state index contributed by atoms with van der Waals surface area (Å²) in [4.78, 5) is 25.4. The average molecular weight is 889 g/mol. The molecule has 1 unspecified atom stereocenters. The number of ether oxygens (including phenoxy) is 3. The van der Waals surface area contributed by atoms with E-state index in [1.807, 2.05) is 0 Å². The van der Waals surface area contributed by atoms with E-state index in [4.69, 9.17) is 14.2 Å². The minimum atomic E-state index is -0.570. The monoisotopic (exact) mass is 889 g/mol. The summed E-state index contributed by atoms with van der Waals surface area (Å²) in [6.07, 6.45) is 72.8. The molecule has 0 heterocycles. The summed E-state index contributed by atoms with van der Waals surface area (Å²) in [7, 11) is 0. The first-order chi connectivity index (χ1) is 31.6. The normalized spacial score (nSPS) is 13.0. The number of unbranched alkanes of at least 4 members (excludes halogenated alkanes) is 21. The summed E-state index contributed by atoms with van der Waals surface area (Å²) in [6.45, 7) is 7.56. The van der Waals surface area contributed by atoms with Crippen molar-refractivity contribution in [2.45, 2.75) is 245 Å². The van der Waals surface area contributed by atoms with Crippen LogP contribution >= 0.6 is 0 Å². The van der Waals surface area contributed by atoms with Gasteiger partial charge >= 0.3 is 11.9 Å². The lowest BCUT2D eigenvalue weighted by Crippen LogP contribution is -2.30. The lowest BCUT2D eigenvalue weighted by atomic mass is 10.1. The maximum absolute atomic E-state index is 12.8. The second-order valence-electron chi connectivity index (χ2n) is 17.4. The molecule has 0 aromatic rings. The van der Waals surface area contributed by atoms with Crippen LogP contribution in [0.1, 0.15) is 239 Å². The summed E-state index contributed by atoms with van der Waals surface area (Å²) >= 11 is 0. The van der Waals surface area contributed by atoms with Crippen LogP contribution in [0.15, 0.2) is 97.2 Å². The molecule has 5 nitrogen and oxygen atoms in total. The van der Waals surface area contributed by atoms with Crippen molar-refractivity contribution in [2.75, 3.05) is 19.8 Å². The zero-order valence-electron chi connectivity index (χ0n) is 42.0. The molecule has 0 amide bonds. The Bertz CT molecular complexity index is 1230. The predicted octanol–water partition coefficient (Wildman–Crippen LogP) is 18.2. The fraction of sp³-hybridized carbons (Fsp3) is 0.695. The first kappa shape index (κ1) is 60.8. The molecular weight excluding hydrogens is 789 g/mol. The zero-order chi connectivity index (χ0) is 46.3. The fourth-order valence-corrected chi connectivity index (χ4v) is 7.10. The van der Waals surface area contributed by atoms with Crippen LogP contribution in [0.2, 0.25) is 0 Å². The Hall–Kier alpha value is -3.18. The molecule has 366 valence electrons. The Morgan fingerprint density at radius 3 is 1.22 bits per heavy atom. The second-order valence-corrected chi connectivity index (χ2v) is 17.4. The van der Waals surface area contributed by atoms with Crippen molar-refractivity contribution in [2.24, 2.45) is 0 Å². The largest absolute Gasteiger partial charge is 0.462 e. The number of hydrogen-bond acceptors (Lipinski definition) is 5. The van der Waals surface area contributed by atoms with Crippen LogP contribution in [0.3, 0.4) is 0 Å². The molecule has 64 heavy (non-hydrogen) atoms. The Morgan fingerprint density at radius 1 is 0.359 bits per heavy atom. The molecular formula is C59H100O5. The van der Waals surface area contributed by atoms with Crippen LogP contribution in [0, 0.1) is 0 Å². The van der Waals surface area contributed by atoms with Gasteiger partial charge in [0.15, 0.2) is 6.10 Å². The molecule has 0 aliphatic heterocycles. The van der Waals surface area contributed by atoms with Gasteiger partial charge in [-0.1, -0.05) is 208 Å². The summed E-state index contributed by atoms with van der Waals surface area (Å²) in [6, 6.07) is 0. The number of rotatable bonds is 48. The van der Waals surface area contributed by atoms with Gasteiger partial charge in [0.1, 0.15) is 6.61 Å². The van der Waals surface area contributed by atoms with E-state index in [0.29, 0.717) is 19.4 Å². The highest BCUT2D eigenvalue weighted by atomic mass is 16.6. The average Bonchev–Trinajstić information content (AvgIpc) is 3.30. The van der Waals surface area contributed by atoms with Crippen molar-refractivity contribution in [3.63, 3.8) is 0 Å². The van der Waals surface area contributed by atoms with E-state index in [1.165, 1.54) is 109 Å². The Labute approximate surface area is 396 Å². The van der Waals surface area contributed by atoms with E-state index in [-0.39, 0.29) is 25.2 Å². The quantitative estimate of drug-likeness (QED) is 0.0346. The fourth-order valence-electron chi connectivity index (χ4n) is 7.10. The third-order valence-corrected chi connectivity index (χ3v) is 11.1. The van der Waals surface area contributed by atoms with Gasteiger partial charge < -0.3 is 14.2 Å². The van der Waals surface area contributed by atoms with E-state index in [0.717, 1.165) is 96.3 Å². The molecule has 0 N–H and O–H groups in total. The molecule has 0 aromatic carbocycles. The first-order valence-corrected chi connectivity index (χ1v) is 26.8. The van der Waals surface area contributed by atoms with Crippen molar-refractivity contribution in [3.8, 4) is 0 Å². The summed E-state index contributed by atoms with van der Waals surface area (Å²) in [5, 5.41) is 0. The summed E-state index contributed by atoms with van der Waals surface area (Å²) < 4.78 is 17.4. The highest BCUT2D eigenvalue weighted by Crippen LogP contribution is 2.14. The van der Waals surface area contributed by atoms with E-state index < -0.39 is 6.10 Å². The van der Waals surface area contributed by atoms with E-state index in [9.17, 15) is 9.59 Å². The second kappa shape index (κ2) is 54.2. The Morgan fingerprint density at radius 2 is 0.734 bits per heavy atom. The molecule has 0 saturated heterocycles. The minimum Gasteiger partial charge on any atom is -0.462 e. The summed E-state index contributed by atoms with van der Waals surface area (Å²) in [5.41, 5.74) is 0. The molecule has 0 aliphatic rings. The highest BCUT2D eigenvalue weighted by molar-refractivity contribution is 5.70. The van der Waals surface area contributed by atoms with Crippen LogP contribution in [0.25, 0.3) is 0 Å². The molecule has 0 rings (SSSR count). The van der Waals surface area contributed by atoms with Crippen molar-refractivity contribution < 1.29 is 23.8 Å². The number of carbonyl (C=O) groups excluding carboxylic acids is 2. The molecule has 0 aromatic heterocycles. The summed E-state index contributed by atoms with van der Waals surface area (Å²) in [5.74, 6) is -0.457. The van der Waals surface area contributed by atoms with E-state index in [2.05, 4.69) is 118 Å². The third kappa shape index (κ3) is 51.5. The topological polar surface area (TPSA) is 61.8 Å².